The maximum atomic E-state index is 13.3. The first kappa shape index (κ1) is 18.5. The van der Waals surface area contributed by atoms with Gasteiger partial charge in [-0.15, -0.1) is 5.10 Å². The van der Waals surface area contributed by atoms with Crippen molar-refractivity contribution in [2.45, 2.75) is 57.7 Å². The van der Waals surface area contributed by atoms with Gasteiger partial charge in [-0.3, -0.25) is 0 Å². The van der Waals surface area contributed by atoms with Crippen molar-refractivity contribution in [3.63, 3.8) is 0 Å². The zero-order valence-electron chi connectivity index (χ0n) is 16.4. The lowest BCUT2D eigenvalue weighted by Gasteiger charge is -2.35. The summed E-state index contributed by atoms with van der Waals surface area (Å²) in [4.78, 5) is 11.7. The van der Waals surface area contributed by atoms with Crippen LogP contribution in [-0.4, -0.2) is 36.8 Å². The SMILES string of the molecule is Cc1nsc(N2CCCCC2Nc2nc3n(n2)CCCC3c2ccc(F)cc2)n1. The van der Waals surface area contributed by atoms with E-state index < -0.39 is 0 Å². The monoisotopic (exact) mass is 413 g/mol. The Labute approximate surface area is 173 Å². The average Bonchev–Trinajstić information content (AvgIpc) is 3.34. The molecule has 3 aromatic rings. The molecule has 1 aromatic carbocycles. The predicted octanol–water partition coefficient (Wildman–Crippen LogP) is 3.93. The summed E-state index contributed by atoms with van der Waals surface area (Å²) in [6, 6.07) is 6.76. The molecule has 152 valence electrons. The second-order valence-corrected chi connectivity index (χ2v) is 8.47. The topological polar surface area (TPSA) is 71.8 Å². The minimum absolute atomic E-state index is 0.116. The molecule has 0 bridgehead atoms. The lowest BCUT2D eigenvalue weighted by atomic mass is 9.91. The van der Waals surface area contributed by atoms with E-state index in [1.165, 1.54) is 23.7 Å². The first-order chi connectivity index (χ1) is 14.2. The normalized spacial score (nSPS) is 21.8. The molecule has 2 aliphatic rings. The number of piperidine rings is 1. The molecular weight excluding hydrogens is 389 g/mol. The van der Waals surface area contributed by atoms with Gasteiger partial charge >= 0.3 is 0 Å². The first-order valence-electron chi connectivity index (χ1n) is 10.2. The summed E-state index contributed by atoms with van der Waals surface area (Å²) < 4.78 is 19.7. The van der Waals surface area contributed by atoms with Crippen molar-refractivity contribution in [1.82, 2.24) is 24.1 Å². The largest absolute Gasteiger partial charge is 0.333 e. The van der Waals surface area contributed by atoms with Crippen LogP contribution in [-0.2, 0) is 6.54 Å². The van der Waals surface area contributed by atoms with E-state index in [0.29, 0.717) is 5.95 Å². The van der Waals surface area contributed by atoms with Crippen LogP contribution in [0.15, 0.2) is 24.3 Å². The van der Waals surface area contributed by atoms with Crippen molar-refractivity contribution in [3.8, 4) is 0 Å². The Kier molecular flexibility index (Phi) is 4.91. The molecule has 2 aromatic heterocycles. The van der Waals surface area contributed by atoms with E-state index in [4.69, 9.17) is 10.1 Å². The molecule has 5 rings (SSSR count). The number of aromatic nitrogens is 5. The van der Waals surface area contributed by atoms with Crippen LogP contribution in [0.5, 0.6) is 0 Å². The van der Waals surface area contributed by atoms with Gasteiger partial charge in [0, 0.05) is 30.5 Å². The van der Waals surface area contributed by atoms with Gasteiger partial charge in [-0.05, 0) is 56.7 Å². The summed E-state index contributed by atoms with van der Waals surface area (Å²) in [5, 5.41) is 9.22. The summed E-state index contributed by atoms with van der Waals surface area (Å²) in [7, 11) is 0. The van der Waals surface area contributed by atoms with E-state index in [2.05, 4.69) is 19.6 Å². The molecular formula is C20H24FN7S. The number of hydrogen-bond acceptors (Lipinski definition) is 7. The molecule has 7 nitrogen and oxygen atoms in total. The van der Waals surface area contributed by atoms with Gasteiger partial charge in [0.25, 0.3) is 0 Å². The molecule has 1 N–H and O–H groups in total. The van der Waals surface area contributed by atoms with E-state index in [-0.39, 0.29) is 17.9 Å². The maximum absolute atomic E-state index is 13.3. The number of anilines is 2. The quantitative estimate of drug-likeness (QED) is 0.699. The molecule has 1 fully saturated rings. The highest BCUT2D eigenvalue weighted by molar-refractivity contribution is 7.09. The number of halogens is 1. The maximum Gasteiger partial charge on any atom is 0.243 e. The Balaban J connectivity index is 1.39. The number of nitrogens with one attached hydrogen (secondary N) is 1. The van der Waals surface area contributed by atoms with Crippen molar-refractivity contribution in [3.05, 3.63) is 47.3 Å². The second kappa shape index (κ2) is 7.70. The number of nitrogens with zero attached hydrogens (tertiary/aromatic N) is 6. The summed E-state index contributed by atoms with van der Waals surface area (Å²) >= 11 is 1.44. The van der Waals surface area contributed by atoms with Crippen LogP contribution >= 0.6 is 11.5 Å². The molecule has 0 spiro atoms. The Bertz CT molecular complexity index is 983. The minimum atomic E-state index is -0.210. The number of rotatable bonds is 4. The fraction of sp³-hybridized carbons (Fsp3) is 0.500. The van der Waals surface area contributed by atoms with Crippen LogP contribution in [0.2, 0.25) is 0 Å². The lowest BCUT2D eigenvalue weighted by molar-refractivity contribution is 0.445. The Morgan fingerprint density at radius 1 is 1.07 bits per heavy atom. The van der Waals surface area contributed by atoms with Gasteiger partial charge in [0.2, 0.25) is 11.1 Å². The second-order valence-electron chi connectivity index (χ2n) is 7.74. The molecule has 2 atom stereocenters. The Morgan fingerprint density at radius 2 is 1.93 bits per heavy atom. The van der Waals surface area contributed by atoms with E-state index in [1.54, 1.807) is 0 Å². The van der Waals surface area contributed by atoms with E-state index in [1.807, 2.05) is 23.7 Å². The Hall–Kier alpha value is -2.55. The van der Waals surface area contributed by atoms with Gasteiger partial charge in [0.05, 0.1) is 0 Å². The van der Waals surface area contributed by atoms with Crippen LogP contribution in [0, 0.1) is 12.7 Å². The molecule has 1 saturated heterocycles. The van der Waals surface area contributed by atoms with Crippen molar-refractivity contribution in [1.29, 1.82) is 0 Å². The third-order valence-electron chi connectivity index (χ3n) is 5.71. The molecule has 29 heavy (non-hydrogen) atoms. The third-order valence-corrected chi connectivity index (χ3v) is 6.55. The van der Waals surface area contributed by atoms with E-state index in [0.717, 1.165) is 67.5 Å². The van der Waals surface area contributed by atoms with Gasteiger partial charge < -0.3 is 10.2 Å². The molecule has 0 saturated carbocycles. The molecule has 2 aliphatic heterocycles. The van der Waals surface area contributed by atoms with Gasteiger partial charge in [0.15, 0.2) is 0 Å². The van der Waals surface area contributed by atoms with Crippen LogP contribution in [0.25, 0.3) is 0 Å². The predicted molar refractivity (Wildman–Crippen MR) is 111 cm³/mol. The minimum Gasteiger partial charge on any atom is -0.333 e. The molecule has 0 aliphatic carbocycles. The Morgan fingerprint density at radius 3 is 2.72 bits per heavy atom. The summed E-state index contributed by atoms with van der Waals surface area (Å²) in [6.45, 7) is 3.75. The molecule has 4 heterocycles. The fourth-order valence-electron chi connectivity index (χ4n) is 4.29. The molecule has 0 amide bonds. The third kappa shape index (κ3) is 3.71. The highest BCUT2D eigenvalue weighted by Crippen LogP contribution is 2.33. The summed E-state index contributed by atoms with van der Waals surface area (Å²) in [6.07, 6.45) is 5.49. The zero-order valence-corrected chi connectivity index (χ0v) is 17.2. The molecule has 2 unspecified atom stereocenters. The van der Waals surface area contributed by atoms with Gasteiger partial charge in [-0.25, -0.2) is 14.1 Å². The van der Waals surface area contributed by atoms with Crippen molar-refractivity contribution in [2.24, 2.45) is 0 Å². The van der Waals surface area contributed by atoms with Gasteiger partial charge in [0.1, 0.15) is 23.6 Å². The van der Waals surface area contributed by atoms with Crippen LogP contribution in [0.3, 0.4) is 0 Å². The van der Waals surface area contributed by atoms with Crippen LogP contribution in [0.4, 0.5) is 15.5 Å². The van der Waals surface area contributed by atoms with Crippen LogP contribution < -0.4 is 10.2 Å². The molecule has 0 radical (unpaired) electrons. The standard InChI is InChI=1S/C20H24FN7S/c1-13-22-20(29-26-13)27-11-3-2-6-17(27)23-19-24-18-16(5-4-12-28(18)25-19)14-7-9-15(21)10-8-14/h7-10,16-17H,2-6,11-12H2,1H3,(H,23,25). The number of benzene rings is 1. The number of fused-ring (bicyclic) bond motifs is 1. The van der Waals surface area contributed by atoms with Crippen molar-refractivity contribution < 1.29 is 4.39 Å². The summed E-state index contributed by atoms with van der Waals surface area (Å²) in [5.41, 5.74) is 1.09. The fourth-order valence-corrected chi connectivity index (χ4v) is 5.04. The highest BCUT2D eigenvalue weighted by atomic mass is 32.1. The van der Waals surface area contributed by atoms with Gasteiger partial charge in [-0.2, -0.15) is 9.36 Å². The average molecular weight is 414 g/mol. The highest BCUT2D eigenvalue weighted by Gasteiger charge is 2.29. The van der Waals surface area contributed by atoms with Crippen molar-refractivity contribution in [2.75, 3.05) is 16.8 Å². The number of aryl methyl sites for hydroxylation is 2. The molecule has 9 heteroatoms. The van der Waals surface area contributed by atoms with E-state index >= 15 is 0 Å². The van der Waals surface area contributed by atoms with Crippen LogP contribution in [0.1, 0.15) is 55.2 Å². The zero-order chi connectivity index (χ0) is 19.8. The lowest BCUT2D eigenvalue weighted by Crippen LogP contribution is -2.44. The van der Waals surface area contributed by atoms with E-state index in [9.17, 15) is 4.39 Å². The summed E-state index contributed by atoms with van der Waals surface area (Å²) in [5.74, 6) is 2.37. The smallest absolute Gasteiger partial charge is 0.243 e. The first-order valence-corrected chi connectivity index (χ1v) is 11.0. The number of hydrogen-bond donors (Lipinski definition) is 1. The van der Waals surface area contributed by atoms with Crippen molar-refractivity contribution >= 4 is 22.6 Å². The van der Waals surface area contributed by atoms with Gasteiger partial charge in [-0.1, -0.05) is 12.1 Å².